The number of hydrogen-bond acceptors (Lipinski definition) is 3. The quantitative estimate of drug-likeness (QED) is 0.734. The zero-order valence-electron chi connectivity index (χ0n) is 11.1. The molecule has 2 unspecified atom stereocenters. The minimum absolute atomic E-state index is 0.115. The van der Waals surface area contributed by atoms with Gasteiger partial charge in [-0.25, -0.2) is 0 Å². The van der Waals surface area contributed by atoms with Crippen LogP contribution in [0, 0.1) is 0 Å². The van der Waals surface area contributed by atoms with Crippen molar-refractivity contribution in [2.75, 3.05) is 19.6 Å². The van der Waals surface area contributed by atoms with Crippen LogP contribution in [-0.2, 0) is 4.79 Å². The second-order valence-corrected chi connectivity index (χ2v) is 5.05. The molecule has 1 rings (SSSR count). The molecule has 0 spiro atoms. The van der Waals surface area contributed by atoms with Crippen molar-refractivity contribution in [3.63, 3.8) is 0 Å². The fraction of sp³-hybridized carbons (Fsp3) is 0.923. The number of aliphatic hydroxyl groups is 1. The Balaban J connectivity index is 2.39. The van der Waals surface area contributed by atoms with Crippen molar-refractivity contribution >= 4 is 5.91 Å². The number of carbonyl (C=O) groups is 1. The summed E-state index contributed by atoms with van der Waals surface area (Å²) in [7, 11) is 0. The standard InChI is InChI=1S/C13H26N2O2/c1-3-7-14-13(17)10-15-8-5-4-6-12(15)9-11(2)16/h11-12,16H,3-10H2,1-2H3,(H,14,17). The second kappa shape index (κ2) is 7.67. The summed E-state index contributed by atoms with van der Waals surface area (Å²) in [4.78, 5) is 13.9. The molecular formula is C13H26N2O2. The van der Waals surface area contributed by atoms with Gasteiger partial charge in [0.2, 0.25) is 5.91 Å². The molecule has 0 bridgehead atoms. The predicted molar refractivity (Wildman–Crippen MR) is 68.8 cm³/mol. The first-order valence-corrected chi connectivity index (χ1v) is 6.82. The second-order valence-electron chi connectivity index (χ2n) is 5.05. The largest absolute Gasteiger partial charge is 0.393 e. The minimum atomic E-state index is -0.278. The van der Waals surface area contributed by atoms with Crippen molar-refractivity contribution in [1.82, 2.24) is 10.2 Å². The Morgan fingerprint density at radius 1 is 1.53 bits per heavy atom. The topological polar surface area (TPSA) is 52.6 Å². The van der Waals surface area contributed by atoms with Gasteiger partial charge in [-0.2, -0.15) is 0 Å². The molecule has 2 N–H and O–H groups in total. The molecule has 4 heteroatoms. The molecule has 1 amide bonds. The first-order valence-electron chi connectivity index (χ1n) is 6.82. The summed E-state index contributed by atoms with van der Waals surface area (Å²) in [6.07, 6.45) is 4.96. The minimum Gasteiger partial charge on any atom is -0.393 e. The maximum absolute atomic E-state index is 11.7. The van der Waals surface area contributed by atoms with Crippen LogP contribution < -0.4 is 5.32 Å². The maximum Gasteiger partial charge on any atom is 0.234 e. The summed E-state index contributed by atoms with van der Waals surface area (Å²) in [6.45, 7) is 6.10. The molecule has 1 aliphatic rings. The zero-order valence-corrected chi connectivity index (χ0v) is 11.1. The summed E-state index contributed by atoms with van der Waals surface area (Å²) < 4.78 is 0. The van der Waals surface area contributed by atoms with Gasteiger partial charge in [-0.3, -0.25) is 9.69 Å². The Morgan fingerprint density at radius 2 is 2.29 bits per heavy atom. The summed E-state index contributed by atoms with van der Waals surface area (Å²) in [5, 5.41) is 12.4. The Morgan fingerprint density at radius 3 is 2.94 bits per heavy atom. The van der Waals surface area contributed by atoms with E-state index in [-0.39, 0.29) is 12.0 Å². The lowest BCUT2D eigenvalue weighted by atomic mass is 9.97. The molecule has 4 nitrogen and oxygen atoms in total. The van der Waals surface area contributed by atoms with E-state index in [1.807, 2.05) is 6.92 Å². The first-order chi connectivity index (χ1) is 8.13. The Labute approximate surface area is 104 Å². The molecule has 1 heterocycles. The van der Waals surface area contributed by atoms with Crippen LogP contribution in [0.25, 0.3) is 0 Å². The van der Waals surface area contributed by atoms with Crippen LogP contribution in [0.4, 0.5) is 0 Å². The average Bonchev–Trinajstić information content (AvgIpc) is 2.28. The Hall–Kier alpha value is -0.610. The number of nitrogens with one attached hydrogen (secondary N) is 1. The highest BCUT2D eigenvalue weighted by molar-refractivity contribution is 5.78. The third kappa shape index (κ3) is 5.50. The summed E-state index contributed by atoms with van der Waals surface area (Å²) in [5.41, 5.74) is 0. The monoisotopic (exact) mass is 242 g/mol. The Kier molecular flexibility index (Phi) is 6.52. The molecule has 0 aromatic carbocycles. The highest BCUT2D eigenvalue weighted by Gasteiger charge is 2.24. The predicted octanol–water partition coefficient (Wildman–Crippen LogP) is 1.14. The van der Waals surface area contributed by atoms with Crippen LogP contribution >= 0.6 is 0 Å². The van der Waals surface area contributed by atoms with Crippen molar-refractivity contribution < 1.29 is 9.90 Å². The van der Waals surface area contributed by atoms with Gasteiger partial charge < -0.3 is 10.4 Å². The van der Waals surface area contributed by atoms with Crippen molar-refractivity contribution in [3.8, 4) is 0 Å². The third-order valence-corrected chi connectivity index (χ3v) is 3.28. The number of hydrogen-bond donors (Lipinski definition) is 2. The van der Waals surface area contributed by atoms with Crippen LogP contribution in [0.1, 0.15) is 46.0 Å². The van der Waals surface area contributed by atoms with E-state index in [0.29, 0.717) is 12.6 Å². The smallest absolute Gasteiger partial charge is 0.234 e. The van der Waals surface area contributed by atoms with Crippen molar-refractivity contribution in [2.45, 2.75) is 58.1 Å². The number of aliphatic hydroxyl groups excluding tert-OH is 1. The molecular weight excluding hydrogens is 216 g/mol. The van der Waals surface area contributed by atoms with E-state index >= 15 is 0 Å². The number of piperidine rings is 1. The van der Waals surface area contributed by atoms with Crippen molar-refractivity contribution in [1.29, 1.82) is 0 Å². The molecule has 100 valence electrons. The summed E-state index contributed by atoms with van der Waals surface area (Å²) in [6, 6.07) is 0.371. The van der Waals surface area contributed by atoms with E-state index in [9.17, 15) is 9.90 Å². The van der Waals surface area contributed by atoms with Gasteiger partial charge in [0.1, 0.15) is 0 Å². The Bertz CT molecular complexity index is 231. The fourth-order valence-corrected chi connectivity index (χ4v) is 2.43. The molecule has 0 aromatic rings. The molecule has 1 fully saturated rings. The van der Waals surface area contributed by atoms with Gasteiger partial charge in [-0.15, -0.1) is 0 Å². The molecule has 0 aromatic heterocycles. The molecule has 2 atom stereocenters. The summed E-state index contributed by atoms with van der Waals surface area (Å²) in [5.74, 6) is 0.115. The fourth-order valence-electron chi connectivity index (χ4n) is 2.43. The van der Waals surface area contributed by atoms with Gasteiger partial charge in [-0.05, 0) is 39.2 Å². The number of carbonyl (C=O) groups excluding carboxylic acids is 1. The first kappa shape index (κ1) is 14.5. The number of rotatable bonds is 6. The van der Waals surface area contributed by atoms with E-state index in [0.717, 1.165) is 38.8 Å². The third-order valence-electron chi connectivity index (χ3n) is 3.28. The lowest BCUT2D eigenvalue weighted by Gasteiger charge is -2.35. The highest BCUT2D eigenvalue weighted by Crippen LogP contribution is 2.20. The SMILES string of the molecule is CCCNC(=O)CN1CCCCC1CC(C)O. The highest BCUT2D eigenvalue weighted by atomic mass is 16.3. The molecule has 17 heavy (non-hydrogen) atoms. The van der Waals surface area contributed by atoms with E-state index in [2.05, 4.69) is 17.1 Å². The zero-order chi connectivity index (χ0) is 12.7. The van der Waals surface area contributed by atoms with Crippen LogP contribution in [0.15, 0.2) is 0 Å². The maximum atomic E-state index is 11.7. The summed E-state index contributed by atoms with van der Waals surface area (Å²) >= 11 is 0. The molecule has 0 radical (unpaired) electrons. The molecule has 0 saturated carbocycles. The van der Waals surface area contributed by atoms with E-state index in [1.54, 1.807) is 0 Å². The van der Waals surface area contributed by atoms with Gasteiger partial charge in [0, 0.05) is 12.6 Å². The van der Waals surface area contributed by atoms with Gasteiger partial charge in [0.25, 0.3) is 0 Å². The van der Waals surface area contributed by atoms with E-state index in [4.69, 9.17) is 0 Å². The van der Waals surface area contributed by atoms with Crippen molar-refractivity contribution in [2.24, 2.45) is 0 Å². The van der Waals surface area contributed by atoms with Gasteiger partial charge in [0.15, 0.2) is 0 Å². The van der Waals surface area contributed by atoms with Crippen LogP contribution in [0.3, 0.4) is 0 Å². The van der Waals surface area contributed by atoms with Gasteiger partial charge >= 0.3 is 0 Å². The lowest BCUT2D eigenvalue weighted by Crippen LogP contribution is -2.46. The van der Waals surface area contributed by atoms with Crippen LogP contribution in [0.2, 0.25) is 0 Å². The normalized spacial score (nSPS) is 23.4. The number of nitrogens with zero attached hydrogens (tertiary/aromatic N) is 1. The van der Waals surface area contributed by atoms with E-state index < -0.39 is 0 Å². The average molecular weight is 242 g/mol. The van der Waals surface area contributed by atoms with Gasteiger partial charge in [-0.1, -0.05) is 13.3 Å². The molecule has 0 aliphatic carbocycles. The molecule has 1 saturated heterocycles. The van der Waals surface area contributed by atoms with Crippen LogP contribution in [0.5, 0.6) is 0 Å². The number of likely N-dealkylation sites (tertiary alicyclic amines) is 1. The van der Waals surface area contributed by atoms with Crippen LogP contribution in [-0.4, -0.2) is 47.7 Å². The lowest BCUT2D eigenvalue weighted by molar-refractivity contribution is -0.123. The molecule has 1 aliphatic heterocycles. The van der Waals surface area contributed by atoms with Crippen molar-refractivity contribution in [3.05, 3.63) is 0 Å². The number of amides is 1. The van der Waals surface area contributed by atoms with E-state index in [1.165, 1.54) is 6.42 Å². The van der Waals surface area contributed by atoms with Gasteiger partial charge in [0.05, 0.1) is 12.6 Å².